The van der Waals surface area contributed by atoms with Crippen molar-refractivity contribution < 1.29 is 8.42 Å². The Balaban J connectivity index is 2.17. The van der Waals surface area contributed by atoms with E-state index in [9.17, 15) is 8.42 Å². The first-order valence-corrected chi connectivity index (χ1v) is 8.39. The van der Waals surface area contributed by atoms with Crippen LogP contribution in [0.15, 0.2) is 53.7 Å². The lowest BCUT2D eigenvalue weighted by atomic mass is 10.2. The van der Waals surface area contributed by atoms with Gasteiger partial charge in [-0.25, -0.2) is 13.4 Å². The van der Waals surface area contributed by atoms with E-state index in [1.165, 1.54) is 24.5 Å². The lowest BCUT2D eigenvalue weighted by Gasteiger charge is -2.12. The van der Waals surface area contributed by atoms with Gasteiger partial charge in [0.1, 0.15) is 4.90 Å². The molecule has 0 aliphatic rings. The third-order valence-corrected chi connectivity index (χ3v) is 5.28. The highest BCUT2D eigenvalue weighted by Crippen LogP contribution is 2.34. The predicted molar refractivity (Wildman–Crippen MR) is 86.8 cm³/mol. The van der Waals surface area contributed by atoms with Crippen LogP contribution in [0.3, 0.4) is 0 Å². The summed E-state index contributed by atoms with van der Waals surface area (Å²) in [6.45, 7) is 0. The highest BCUT2D eigenvalue weighted by atomic mass is 35.5. The molecule has 0 atom stereocenters. The summed E-state index contributed by atoms with van der Waals surface area (Å²) in [7, 11) is -3.97. The zero-order chi connectivity index (χ0) is 15.7. The molecule has 0 spiro atoms. The van der Waals surface area contributed by atoms with Crippen LogP contribution in [0.1, 0.15) is 0 Å². The molecule has 5 nitrogen and oxygen atoms in total. The molecular weight excluding hydrogens is 345 g/mol. The van der Waals surface area contributed by atoms with E-state index in [4.69, 9.17) is 23.2 Å². The lowest BCUT2D eigenvalue weighted by Crippen LogP contribution is -2.14. The van der Waals surface area contributed by atoms with Gasteiger partial charge in [0.25, 0.3) is 10.0 Å². The molecular formula is C14H9Cl2N3O2S. The van der Waals surface area contributed by atoms with Crippen molar-refractivity contribution in [1.29, 1.82) is 0 Å². The molecule has 0 amide bonds. The van der Waals surface area contributed by atoms with Crippen molar-refractivity contribution in [3.8, 4) is 0 Å². The third kappa shape index (κ3) is 2.72. The quantitative estimate of drug-likeness (QED) is 0.728. The summed E-state index contributed by atoms with van der Waals surface area (Å²) in [5.41, 5.74) is 0.885. The summed E-state index contributed by atoms with van der Waals surface area (Å²) in [5, 5.41) is 0.381. The molecule has 0 saturated carbocycles. The molecule has 0 saturated heterocycles. The Morgan fingerprint density at radius 3 is 2.41 bits per heavy atom. The third-order valence-electron chi connectivity index (χ3n) is 2.95. The Hall–Kier alpha value is -1.89. The Kier molecular flexibility index (Phi) is 3.90. The zero-order valence-corrected chi connectivity index (χ0v) is 13.3. The fraction of sp³-hybridized carbons (Fsp3) is 0. The van der Waals surface area contributed by atoms with E-state index < -0.39 is 10.0 Å². The largest absolute Gasteiger partial charge is 0.279 e. The minimum absolute atomic E-state index is 0.0390. The highest BCUT2D eigenvalue weighted by Gasteiger charge is 2.25. The van der Waals surface area contributed by atoms with E-state index in [-0.39, 0.29) is 15.1 Å². The molecule has 0 unspecified atom stereocenters. The molecule has 0 radical (unpaired) electrons. The van der Waals surface area contributed by atoms with E-state index >= 15 is 0 Å². The molecule has 2 heterocycles. The molecule has 112 valence electrons. The SMILES string of the molecule is O=S(=O)(Nc1ccncc1)c1c(Cl)nc2ccccc2c1Cl. The predicted octanol–water partition coefficient (Wildman–Crippen LogP) is 3.74. The topological polar surface area (TPSA) is 72.0 Å². The number of aromatic nitrogens is 2. The van der Waals surface area contributed by atoms with Crippen molar-refractivity contribution in [3.05, 3.63) is 59.0 Å². The van der Waals surface area contributed by atoms with Gasteiger partial charge in [-0.05, 0) is 18.2 Å². The van der Waals surface area contributed by atoms with Crippen LogP contribution in [0.25, 0.3) is 10.9 Å². The number of benzene rings is 1. The lowest BCUT2D eigenvalue weighted by molar-refractivity contribution is 0.601. The summed E-state index contributed by atoms with van der Waals surface area (Å²) < 4.78 is 27.5. The van der Waals surface area contributed by atoms with Gasteiger partial charge in [0.15, 0.2) is 5.15 Å². The van der Waals surface area contributed by atoms with Crippen molar-refractivity contribution >= 4 is 49.8 Å². The second kappa shape index (κ2) is 5.72. The molecule has 3 rings (SSSR count). The van der Waals surface area contributed by atoms with Crippen LogP contribution in [0.2, 0.25) is 10.2 Å². The molecule has 1 N–H and O–H groups in total. The van der Waals surface area contributed by atoms with Gasteiger partial charge in [-0.2, -0.15) is 0 Å². The summed E-state index contributed by atoms with van der Waals surface area (Å²) in [6.07, 6.45) is 2.94. The summed E-state index contributed by atoms with van der Waals surface area (Å²) in [6, 6.07) is 9.95. The second-order valence-corrected chi connectivity index (χ2v) is 6.76. The van der Waals surface area contributed by atoms with Gasteiger partial charge >= 0.3 is 0 Å². The summed E-state index contributed by atoms with van der Waals surface area (Å²) in [5.74, 6) is 0. The number of nitrogens with zero attached hydrogens (tertiary/aromatic N) is 2. The first-order valence-electron chi connectivity index (χ1n) is 6.15. The molecule has 8 heteroatoms. The Bertz CT molecular complexity index is 947. The van der Waals surface area contributed by atoms with Gasteiger partial charge in [-0.3, -0.25) is 9.71 Å². The second-order valence-electron chi connectivity index (χ2n) is 4.40. The Morgan fingerprint density at radius 1 is 1.00 bits per heavy atom. The molecule has 0 fully saturated rings. The van der Waals surface area contributed by atoms with Crippen molar-refractivity contribution in [2.24, 2.45) is 0 Å². The molecule has 22 heavy (non-hydrogen) atoms. The minimum atomic E-state index is -3.97. The van der Waals surface area contributed by atoms with E-state index in [1.807, 2.05) is 0 Å². The summed E-state index contributed by atoms with van der Waals surface area (Å²) in [4.78, 5) is 7.67. The maximum atomic E-state index is 12.5. The fourth-order valence-electron chi connectivity index (χ4n) is 1.98. The number of para-hydroxylation sites is 1. The van der Waals surface area contributed by atoms with E-state index in [2.05, 4.69) is 14.7 Å². The minimum Gasteiger partial charge on any atom is -0.279 e. The van der Waals surface area contributed by atoms with Crippen LogP contribution >= 0.6 is 23.2 Å². The molecule has 0 bridgehead atoms. The number of hydrogen-bond acceptors (Lipinski definition) is 4. The fourth-order valence-corrected chi connectivity index (χ4v) is 4.24. The number of halogens is 2. The highest BCUT2D eigenvalue weighted by molar-refractivity contribution is 7.93. The van der Waals surface area contributed by atoms with Crippen LogP contribution in [0.5, 0.6) is 0 Å². The Labute approximate surface area is 137 Å². The number of fused-ring (bicyclic) bond motifs is 1. The number of rotatable bonds is 3. The number of hydrogen-bond donors (Lipinski definition) is 1. The van der Waals surface area contributed by atoms with Gasteiger partial charge in [0, 0.05) is 17.8 Å². The van der Waals surface area contributed by atoms with Gasteiger partial charge < -0.3 is 0 Å². The molecule has 0 aliphatic heterocycles. The van der Waals surface area contributed by atoms with E-state index in [0.29, 0.717) is 16.6 Å². The molecule has 1 aromatic carbocycles. The first kappa shape index (κ1) is 15.0. The van der Waals surface area contributed by atoms with Gasteiger partial charge in [-0.15, -0.1) is 0 Å². The van der Waals surface area contributed by atoms with Crippen molar-refractivity contribution in [3.63, 3.8) is 0 Å². The van der Waals surface area contributed by atoms with E-state index in [0.717, 1.165) is 0 Å². The molecule has 0 aliphatic carbocycles. The maximum Gasteiger partial charge on any atom is 0.266 e. The monoisotopic (exact) mass is 353 g/mol. The smallest absolute Gasteiger partial charge is 0.266 e. The standard InChI is InChI=1S/C14H9Cl2N3O2S/c15-12-10-3-1-2-4-11(10)18-14(16)13(12)22(20,21)19-9-5-7-17-8-6-9/h1-8H,(H,17,19). The average molecular weight is 354 g/mol. The van der Waals surface area contributed by atoms with Gasteiger partial charge in [-0.1, -0.05) is 41.4 Å². The maximum absolute atomic E-state index is 12.5. The van der Waals surface area contributed by atoms with Crippen LogP contribution in [0.4, 0.5) is 5.69 Å². The van der Waals surface area contributed by atoms with Crippen LogP contribution in [0, 0.1) is 0 Å². The number of pyridine rings is 2. The van der Waals surface area contributed by atoms with Crippen LogP contribution < -0.4 is 4.72 Å². The molecule has 2 aromatic heterocycles. The first-order chi connectivity index (χ1) is 10.5. The zero-order valence-electron chi connectivity index (χ0n) is 11.0. The molecule has 3 aromatic rings. The van der Waals surface area contributed by atoms with Crippen molar-refractivity contribution in [1.82, 2.24) is 9.97 Å². The van der Waals surface area contributed by atoms with Gasteiger partial charge in [0.05, 0.1) is 16.2 Å². The van der Waals surface area contributed by atoms with Crippen molar-refractivity contribution in [2.75, 3.05) is 4.72 Å². The summed E-state index contributed by atoms with van der Waals surface area (Å²) >= 11 is 12.3. The van der Waals surface area contributed by atoms with E-state index in [1.54, 1.807) is 24.3 Å². The average Bonchev–Trinajstić information content (AvgIpc) is 2.47. The Morgan fingerprint density at radius 2 is 1.68 bits per heavy atom. The number of anilines is 1. The van der Waals surface area contributed by atoms with Crippen LogP contribution in [-0.2, 0) is 10.0 Å². The normalized spacial score (nSPS) is 11.5. The number of sulfonamides is 1. The van der Waals surface area contributed by atoms with Crippen molar-refractivity contribution in [2.45, 2.75) is 4.90 Å². The van der Waals surface area contributed by atoms with Crippen LogP contribution in [-0.4, -0.2) is 18.4 Å². The van der Waals surface area contributed by atoms with Gasteiger partial charge in [0.2, 0.25) is 0 Å². The number of nitrogens with one attached hydrogen (secondary N) is 1.